The quantitative estimate of drug-likeness (QED) is 0.409. The Hall–Kier alpha value is -0.960. The zero-order valence-electron chi connectivity index (χ0n) is 7.00. The minimum atomic E-state index is -0.304. The molecule has 0 aliphatic rings. The lowest BCUT2D eigenvalue weighted by molar-refractivity contribution is -0.131. The molecule has 0 aromatic heterocycles. The smallest absolute Gasteiger partial charge is 0.308 e. The van der Waals surface area contributed by atoms with Gasteiger partial charge in [0.05, 0.1) is 0 Å². The number of aryl methyl sites for hydroxylation is 1. The third-order valence-corrected chi connectivity index (χ3v) is 1.93. The first kappa shape index (κ1) is 9.13. The molecule has 0 saturated carbocycles. The predicted molar refractivity (Wildman–Crippen MR) is 49.7 cm³/mol. The van der Waals surface area contributed by atoms with Crippen LogP contribution < -0.4 is 4.74 Å². The molecular weight excluding hydrogens is 172 g/mol. The molecule has 0 amide bonds. The third kappa shape index (κ3) is 2.27. The summed E-state index contributed by atoms with van der Waals surface area (Å²) < 4.78 is 4.88. The van der Waals surface area contributed by atoms with Crippen molar-refractivity contribution in [3.63, 3.8) is 0 Å². The lowest BCUT2D eigenvalue weighted by Gasteiger charge is -2.03. The summed E-state index contributed by atoms with van der Waals surface area (Å²) in [6.07, 6.45) is 0. The zero-order valence-corrected chi connectivity index (χ0v) is 7.89. The Morgan fingerprint density at radius 2 is 2.17 bits per heavy atom. The Bertz CT molecular complexity index is 307. The number of rotatable bonds is 1. The van der Waals surface area contributed by atoms with Crippen molar-refractivity contribution in [1.82, 2.24) is 0 Å². The highest BCUT2D eigenvalue weighted by molar-refractivity contribution is 7.80. The minimum Gasteiger partial charge on any atom is -0.427 e. The van der Waals surface area contributed by atoms with E-state index in [-0.39, 0.29) is 5.97 Å². The Labute approximate surface area is 77.0 Å². The van der Waals surface area contributed by atoms with Crippen molar-refractivity contribution < 1.29 is 9.53 Å². The number of esters is 1. The first-order chi connectivity index (χ1) is 5.59. The average molecular weight is 182 g/mol. The topological polar surface area (TPSA) is 26.3 Å². The van der Waals surface area contributed by atoms with E-state index in [1.807, 2.05) is 6.92 Å². The van der Waals surface area contributed by atoms with Crippen LogP contribution in [0.5, 0.6) is 5.75 Å². The molecule has 0 atom stereocenters. The largest absolute Gasteiger partial charge is 0.427 e. The molecule has 64 valence electrons. The van der Waals surface area contributed by atoms with Crippen LogP contribution in [0.15, 0.2) is 23.1 Å². The molecule has 12 heavy (non-hydrogen) atoms. The van der Waals surface area contributed by atoms with E-state index in [0.717, 1.165) is 10.5 Å². The van der Waals surface area contributed by atoms with Gasteiger partial charge in [0.2, 0.25) is 0 Å². The van der Waals surface area contributed by atoms with Gasteiger partial charge >= 0.3 is 5.97 Å². The van der Waals surface area contributed by atoms with Gasteiger partial charge in [0, 0.05) is 11.8 Å². The van der Waals surface area contributed by atoms with Crippen molar-refractivity contribution in [1.29, 1.82) is 0 Å². The molecule has 0 saturated heterocycles. The number of thiol groups is 1. The summed E-state index contributed by atoms with van der Waals surface area (Å²) in [5, 5.41) is 0. The zero-order chi connectivity index (χ0) is 9.14. The summed E-state index contributed by atoms with van der Waals surface area (Å²) in [6, 6.07) is 5.30. The van der Waals surface area contributed by atoms with Gasteiger partial charge in [-0.15, -0.1) is 12.6 Å². The van der Waals surface area contributed by atoms with Crippen molar-refractivity contribution in [2.75, 3.05) is 0 Å². The van der Waals surface area contributed by atoms with Crippen LogP contribution in [0.3, 0.4) is 0 Å². The maximum Gasteiger partial charge on any atom is 0.308 e. The monoisotopic (exact) mass is 182 g/mol. The Kier molecular flexibility index (Phi) is 2.76. The molecule has 1 rings (SSSR count). The molecule has 0 fully saturated rings. The number of benzene rings is 1. The Morgan fingerprint density at radius 3 is 2.67 bits per heavy atom. The summed E-state index contributed by atoms with van der Waals surface area (Å²) in [6.45, 7) is 3.29. The van der Waals surface area contributed by atoms with Gasteiger partial charge in [0.25, 0.3) is 0 Å². The van der Waals surface area contributed by atoms with Crippen molar-refractivity contribution in [3.8, 4) is 5.75 Å². The second-order valence-corrected chi connectivity index (χ2v) is 3.02. The van der Waals surface area contributed by atoms with Gasteiger partial charge in [-0.1, -0.05) is 0 Å². The summed E-state index contributed by atoms with van der Waals surface area (Å²) >= 11 is 4.20. The molecule has 0 unspecified atom stereocenters. The normalized spacial score (nSPS) is 9.58. The van der Waals surface area contributed by atoms with Crippen LogP contribution in [0.2, 0.25) is 0 Å². The average Bonchev–Trinajstić information content (AvgIpc) is 1.96. The summed E-state index contributed by atoms with van der Waals surface area (Å²) in [7, 11) is 0. The summed E-state index contributed by atoms with van der Waals surface area (Å²) in [4.78, 5) is 11.5. The Morgan fingerprint density at radius 1 is 1.50 bits per heavy atom. The molecule has 0 spiro atoms. The number of carbonyl (C=O) groups is 1. The van der Waals surface area contributed by atoms with Gasteiger partial charge in [-0.05, 0) is 30.7 Å². The molecule has 3 heteroatoms. The molecular formula is C9H10O2S. The van der Waals surface area contributed by atoms with Crippen LogP contribution in [-0.2, 0) is 4.79 Å². The molecule has 0 aliphatic heterocycles. The van der Waals surface area contributed by atoms with E-state index in [2.05, 4.69) is 12.6 Å². The number of hydrogen-bond acceptors (Lipinski definition) is 3. The molecule has 0 aliphatic carbocycles. The van der Waals surface area contributed by atoms with Gasteiger partial charge in [-0.2, -0.15) is 0 Å². The summed E-state index contributed by atoms with van der Waals surface area (Å²) in [5.41, 5.74) is 0.997. The summed E-state index contributed by atoms with van der Waals surface area (Å²) in [5.74, 6) is 0.263. The van der Waals surface area contributed by atoms with E-state index >= 15 is 0 Å². The highest BCUT2D eigenvalue weighted by atomic mass is 32.1. The van der Waals surface area contributed by atoms with Crippen LogP contribution in [0.4, 0.5) is 0 Å². The molecule has 0 N–H and O–H groups in total. The fourth-order valence-corrected chi connectivity index (χ4v) is 0.996. The highest BCUT2D eigenvalue weighted by Gasteiger charge is 1.99. The van der Waals surface area contributed by atoms with Crippen LogP contribution in [0.1, 0.15) is 12.5 Å². The van der Waals surface area contributed by atoms with E-state index in [1.54, 1.807) is 18.2 Å². The van der Waals surface area contributed by atoms with Gasteiger partial charge in [-0.3, -0.25) is 4.79 Å². The van der Waals surface area contributed by atoms with Crippen LogP contribution >= 0.6 is 12.6 Å². The van der Waals surface area contributed by atoms with Crippen molar-refractivity contribution in [2.45, 2.75) is 18.7 Å². The number of hydrogen-bond donors (Lipinski definition) is 1. The molecule has 0 heterocycles. The molecule has 1 aromatic rings. The van der Waals surface area contributed by atoms with Gasteiger partial charge in [0.15, 0.2) is 0 Å². The lowest BCUT2D eigenvalue weighted by Crippen LogP contribution is -2.01. The van der Waals surface area contributed by atoms with Crippen molar-refractivity contribution in [2.24, 2.45) is 0 Å². The molecule has 1 aromatic carbocycles. The van der Waals surface area contributed by atoms with Crippen LogP contribution in [0, 0.1) is 6.92 Å². The van der Waals surface area contributed by atoms with Gasteiger partial charge in [0.1, 0.15) is 5.75 Å². The third-order valence-electron chi connectivity index (χ3n) is 1.43. The van der Waals surface area contributed by atoms with E-state index in [0.29, 0.717) is 5.75 Å². The SMILES string of the molecule is CC(=O)Oc1ccc(S)c(C)c1. The first-order valence-corrected chi connectivity index (χ1v) is 4.02. The number of carbonyl (C=O) groups excluding carboxylic acids is 1. The van der Waals surface area contributed by atoms with Crippen molar-refractivity contribution in [3.05, 3.63) is 23.8 Å². The van der Waals surface area contributed by atoms with E-state index in [1.165, 1.54) is 6.92 Å². The Balaban J connectivity index is 2.89. The highest BCUT2D eigenvalue weighted by Crippen LogP contribution is 2.19. The molecule has 0 bridgehead atoms. The van der Waals surface area contributed by atoms with E-state index in [4.69, 9.17) is 4.74 Å². The predicted octanol–water partition coefficient (Wildman–Crippen LogP) is 2.21. The van der Waals surface area contributed by atoms with E-state index in [9.17, 15) is 4.79 Å². The van der Waals surface area contributed by atoms with Crippen molar-refractivity contribution >= 4 is 18.6 Å². The maximum atomic E-state index is 10.6. The van der Waals surface area contributed by atoms with Gasteiger partial charge < -0.3 is 4.74 Å². The molecule has 2 nitrogen and oxygen atoms in total. The lowest BCUT2D eigenvalue weighted by atomic mass is 10.2. The fraction of sp³-hybridized carbons (Fsp3) is 0.222. The van der Waals surface area contributed by atoms with Crippen LogP contribution in [0.25, 0.3) is 0 Å². The number of ether oxygens (including phenoxy) is 1. The second-order valence-electron chi connectivity index (χ2n) is 2.54. The standard InChI is InChI=1S/C9H10O2S/c1-6-5-8(11-7(2)10)3-4-9(6)12/h3-5,12H,1-2H3. The van der Waals surface area contributed by atoms with Crippen LogP contribution in [-0.4, -0.2) is 5.97 Å². The fourth-order valence-electron chi connectivity index (χ4n) is 0.857. The maximum absolute atomic E-state index is 10.6. The van der Waals surface area contributed by atoms with Gasteiger partial charge in [-0.25, -0.2) is 0 Å². The second kappa shape index (κ2) is 3.63. The first-order valence-electron chi connectivity index (χ1n) is 3.57. The minimum absolute atomic E-state index is 0.304. The van der Waals surface area contributed by atoms with E-state index < -0.39 is 0 Å². The molecule has 0 radical (unpaired) electrons.